The number of imidazole rings is 2. The van der Waals surface area contributed by atoms with Crippen molar-refractivity contribution in [3.05, 3.63) is 36.9 Å². The van der Waals surface area contributed by atoms with Gasteiger partial charge in [-0.05, 0) is 12.8 Å². The molecule has 1 aliphatic carbocycles. The number of morpholine rings is 1. The van der Waals surface area contributed by atoms with E-state index in [-0.39, 0.29) is 0 Å². The van der Waals surface area contributed by atoms with Gasteiger partial charge < -0.3 is 13.9 Å². The molecule has 6 nitrogen and oxygen atoms in total. The Morgan fingerprint density at radius 2 is 2.23 bits per heavy atom. The van der Waals surface area contributed by atoms with Gasteiger partial charge in [0.1, 0.15) is 5.82 Å². The van der Waals surface area contributed by atoms with E-state index in [1.165, 1.54) is 12.8 Å². The molecule has 0 unspecified atom stereocenters. The fraction of sp³-hybridized carbons (Fsp3) is 0.625. The van der Waals surface area contributed by atoms with Gasteiger partial charge in [-0.3, -0.25) is 4.90 Å². The molecule has 2 aliphatic rings. The van der Waals surface area contributed by atoms with Gasteiger partial charge in [-0.1, -0.05) is 0 Å². The predicted octanol–water partition coefficient (Wildman–Crippen LogP) is 1.30. The molecule has 3 heterocycles. The van der Waals surface area contributed by atoms with Crippen LogP contribution in [0.1, 0.15) is 18.7 Å². The molecule has 0 spiro atoms. The van der Waals surface area contributed by atoms with Crippen molar-refractivity contribution in [2.75, 3.05) is 13.2 Å². The molecule has 2 aromatic rings. The molecule has 1 saturated heterocycles. The summed E-state index contributed by atoms with van der Waals surface area (Å²) >= 11 is 0. The lowest BCUT2D eigenvalue weighted by molar-refractivity contribution is -0.0794. The van der Waals surface area contributed by atoms with Crippen LogP contribution >= 0.6 is 0 Å². The summed E-state index contributed by atoms with van der Waals surface area (Å²) in [6, 6.07) is 0.527. The normalized spacial score (nSPS) is 28.9. The van der Waals surface area contributed by atoms with Crippen LogP contribution in [0.2, 0.25) is 0 Å². The number of nitrogens with zero attached hydrogens (tertiary/aromatic N) is 5. The van der Waals surface area contributed by atoms with Crippen molar-refractivity contribution < 1.29 is 4.74 Å². The summed E-state index contributed by atoms with van der Waals surface area (Å²) in [7, 11) is 2.07. The standard InChI is InChI=1S/C16H23N5O/c1-19-6-5-18-15(19)11-21-8-9-22-16-13(2-3-14(16)21)10-20-7-4-17-12-20/h4-7,12-14,16H,2-3,8-11H2,1H3/t13-,14+,16-/m1/s1. The van der Waals surface area contributed by atoms with E-state index in [4.69, 9.17) is 4.74 Å². The van der Waals surface area contributed by atoms with Crippen molar-refractivity contribution in [2.24, 2.45) is 13.0 Å². The molecule has 0 amide bonds. The van der Waals surface area contributed by atoms with Crippen LogP contribution in [0.15, 0.2) is 31.1 Å². The van der Waals surface area contributed by atoms with Gasteiger partial charge in [-0.15, -0.1) is 0 Å². The van der Waals surface area contributed by atoms with E-state index in [1.54, 1.807) is 0 Å². The Hall–Kier alpha value is -1.66. The van der Waals surface area contributed by atoms with Crippen LogP contribution in [0.25, 0.3) is 0 Å². The zero-order valence-corrected chi connectivity index (χ0v) is 13.0. The Morgan fingerprint density at radius 3 is 3.00 bits per heavy atom. The van der Waals surface area contributed by atoms with Crippen molar-refractivity contribution in [3.63, 3.8) is 0 Å². The lowest BCUT2D eigenvalue weighted by Crippen LogP contribution is -2.50. The molecule has 2 aromatic heterocycles. The molecule has 6 heteroatoms. The van der Waals surface area contributed by atoms with Gasteiger partial charge in [0.25, 0.3) is 0 Å². The summed E-state index contributed by atoms with van der Waals surface area (Å²) in [6.07, 6.45) is 12.5. The third kappa shape index (κ3) is 2.57. The van der Waals surface area contributed by atoms with Crippen LogP contribution < -0.4 is 0 Å². The molecule has 2 fully saturated rings. The minimum atomic E-state index is 0.344. The highest BCUT2D eigenvalue weighted by Crippen LogP contribution is 2.36. The molecular formula is C16H23N5O. The smallest absolute Gasteiger partial charge is 0.122 e. The maximum Gasteiger partial charge on any atom is 0.122 e. The molecule has 4 rings (SSSR count). The molecule has 1 aliphatic heterocycles. The second-order valence-electron chi connectivity index (χ2n) is 6.42. The summed E-state index contributed by atoms with van der Waals surface area (Å²) in [5.74, 6) is 1.72. The summed E-state index contributed by atoms with van der Waals surface area (Å²) in [5.41, 5.74) is 0. The topological polar surface area (TPSA) is 48.1 Å². The van der Waals surface area contributed by atoms with Crippen LogP contribution in [0, 0.1) is 5.92 Å². The Labute approximate surface area is 130 Å². The maximum atomic E-state index is 6.14. The Balaban J connectivity index is 1.45. The van der Waals surface area contributed by atoms with Crippen molar-refractivity contribution in [1.82, 2.24) is 24.0 Å². The minimum Gasteiger partial charge on any atom is -0.375 e. The first-order valence-electron chi connectivity index (χ1n) is 8.09. The maximum absolute atomic E-state index is 6.14. The highest BCUT2D eigenvalue weighted by molar-refractivity contribution is 4.98. The van der Waals surface area contributed by atoms with E-state index < -0.39 is 0 Å². The van der Waals surface area contributed by atoms with Crippen molar-refractivity contribution in [1.29, 1.82) is 0 Å². The second-order valence-corrected chi connectivity index (χ2v) is 6.42. The first-order valence-corrected chi connectivity index (χ1v) is 8.09. The predicted molar refractivity (Wildman–Crippen MR) is 82.1 cm³/mol. The summed E-state index contributed by atoms with van der Waals surface area (Å²) in [5, 5.41) is 0. The average Bonchev–Trinajstić information content (AvgIpc) is 3.24. The number of aryl methyl sites for hydroxylation is 1. The number of hydrogen-bond acceptors (Lipinski definition) is 4. The molecule has 0 aromatic carbocycles. The monoisotopic (exact) mass is 301 g/mol. The largest absolute Gasteiger partial charge is 0.375 e. The highest BCUT2D eigenvalue weighted by atomic mass is 16.5. The quantitative estimate of drug-likeness (QED) is 0.854. The van der Waals surface area contributed by atoms with Crippen molar-refractivity contribution >= 4 is 0 Å². The summed E-state index contributed by atoms with van der Waals surface area (Å²) in [6.45, 7) is 3.76. The van der Waals surface area contributed by atoms with Crippen LogP contribution in [-0.2, 0) is 24.9 Å². The lowest BCUT2D eigenvalue weighted by Gasteiger charge is -2.39. The Bertz CT molecular complexity index is 608. The van der Waals surface area contributed by atoms with Gasteiger partial charge in [0.15, 0.2) is 0 Å². The molecule has 0 N–H and O–H groups in total. The van der Waals surface area contributed by atoms with Gasteiger partial charge in [-0.25, -0.2) is 9.97 Å². The van der Waals surface area contributed by atoms with Gasteiger partial charge in [0, 0.05) is 56.9 Å². The molecule has 22 heavy (non-hydrogen) atoms. The summed E-state index contributed by atoms with van der Waals surface area (Å²) in [4.78, 5) is 11.2. The van der Waals surface area contributed by atoms with E-state index in [2.05, 4.69) is 31.0 Å². The van der Waals surface area contributed by atoms with Crippen molar-refractivity contribution in [2.45, 2.75) is 38.1 Å². The molecular weight excluding hydrogens is 278 g/mol. The van der Waals surface area contributed by atoms with E-state index in [0.29, 0.717) is 18.1 Å². The minimum absolute atomic E-state index is 0.344. The zero-order valence-electron chi connectivity index (χ0n) is 13.0. The summed E-state index contributed by atoms with van der Waals surface area (Å²) < 4.78 is 10.4. The Morgan fingerprint density at radius 1 is 1.27 bits per heavy atom. The van der Waals surface area contributed by atoms with E-state index in [1.807, 2.05) is 31.1 Å². The third-order valence-electron chi connectivity index (χ3n) is 5.10. The van der Waals surface area contributed by atoms with Gasteiger partial charge in [-0.2, -0.15) is 0 Å². The van der Waals surface area contributed by atoms with Crippen LogP contribution in [0.5, 0.6) is 0 Å². The average molecular weight is 301 g/mol. The van der Waals surface area contributed by atoms with Gasteiger partial charge in [0.05, 0.1) is 25.6 Å². The van der Waals surface area contributed by atoms with E-state index in [9.17, 15) is 0 Å². The number of ether oxygens (including phenoxy) is 1. The number of fused-ring (bicyclic) bond motifs is 1. The second kappa shape index (κ2) is 5.85. The first kappa shape index (κ1) is 14.0. The molecule has 0 radical (unpaired) electrons. The number of aromatic nitrogens is 4. The first-order chi connectivity index (χ1) is 10.8. The van der Waals surface area contributed by atoms with Crippen LogP contribution in [0.3, 0.4) is 0 Å². The fourth-order valence-corrected chi connectivity index (χ4v) is 3.92. The lowest BCUT2D eigenvalue weighted by atomic mass is 10.0. The SMILES string of the molecule is Cn1ccnc1CN1CCO[C@@H]2[C@@H](Cn3ccnc3)CC[C@@H]21. The molecule has 118 valence electrons. The number of rotatable bonds is 4. The Kier molecular flexibility index (Phi) is 3.72. The van der Waals surface area contributed by atoms with Crippen molar-refractivity contribution in [3.8, 4) is 0 Å². The molecule has 3 atom stereocenters. The van der Waals surface area contributed by atoms with E-state index >= 15 is 0 Å². The van der Waals surface area contributed by atoms with Gasteiger partial charge >= 0.3 is 0 Å². The van der Waals surface area contributed by atoms with Gasteiger partial charge in [0.2, 0.25) is 0 Å². The van der Waals surface area contributed by atoms with Crippen LogP contribution in [-0.4, -0.2) is 49.3 Å². The molecule has 0 bridgehead atoms. The number of hydrogen-bond donors (Lipinski definition) is 0. The highest BCUT2D eigenvalue weighted by Gasteiger charge is 2.42. The fourth-order valence-electron chi connectivity index (χ4n) is 3.92. The zero-order chi connectivity index (χ0) is 14.9. The third-order valence-corrected chi connectivity index (χ3v) is 5.10. The van der Waals surface area contributed by atoms with E-state index in [0.717, 1.165) is 32.1 Å². The molecule has 1 saturated carbocycles. The van der Waals surface area contributed by atoms with Crippen LogP contribution in [0.4, 0.5) is 0 Å².